The van der Waals surface area contributed by atoms with Gasteiger partial charge in [-0.2, -0.15) is 0 Å². The number of hydrogen-bond donors (Lipinski definition) is 0. The molecule has 0 spiro atoms. The molecule has 0 atom stereocenters. The van der Waals surface area contributed by atoms with Crippen molar-refractivity contribution in [3.05, 3.63) is 64.1 Å². The van der Waals surface area contributed by atoms with Crippen molar-refractivity contribution in [1.82, 2.24) is 0 Å². The lowest BCUT2D eigenvalue weighted by molar-refractivity contribution is -0.136. The predicted octanol–water partition coefficient (Wildman–Crippen LogP) is 3.91. The number of ether oxygens (including phenoxy) is 3. The van der Waals surface area contributed by atoms with Crippen LogP contribution in [0.2, 0.25) is 0 Å². The number of methoxy groups -OCH3 is 2. The molecule has 0 N–H and O–H groups in total. The summed E-state index contributed by atoms with van der Waals surface area (Å²) in [5.74, 6) is -0.0632. The highest BCUT2D eigenvalue weighted by atomic mass is 79.9. The van der Waals surface area contributed by atoms with Crippen molar-refractivity contribution in [3.63, 3.8) is 0 Å². The second-order valence-corrected chi connectivity index (χ2v) is 5.90. The van der Waals surface area contributed by atoms with Crippen LogP contribution in [0.25, 0.3) is 6.08 Å². The first-order valence-corrected chi connectivity index (χ1v) is 8.18. The molecule has 0 saturated carbocycles. The van der Waals surface area contributed by atoms with Crippen molar-refractivity contribution >= 4 is 33.8 Å². The van der Waals surface area contributed by atoms with Gasteiger partial charge < -0.3 is 14.2 Å². The highest BCUT2D eigenvalue weighted by molar-refractivity contribution is 9.10. The zero-order chi connectivity index (χ0) is 18.2. The Morgan fingerprint density at radius 1 is 1.08 bits per heavy atom. The quantitative estimate of drug-likeness (QED) is 0.397. The third-order valence-electron chi connectivity index (χ3n) is 3.31. The van der Waals surface area contributed by atoms with E-state index in [1.807, 2.05) is 24.3 Å². The van der Waals surface area contributed by atoms with Gasteiger partial charge in [-0.25, -0.2) is 4.79 Å². The lowest BCUT2D eigenvalue weighted by atomic mass is 10.1. The van der Waals surface area contributed by atoms with Crippen molar-refractivity contribution in [2.75, 3.05) is 20.8 Å². The fourth-order valence-electron chi connectivity index (χ4n) is 2.07. The molecule has 0 aliphatic heterocycles. The summed E-state index contributed by atoms with van der Waals surface area (Å²) in [5, 5.41) is 0. The molecule has 0 heterocycles. The van der Waals surface area contributed by atoms with E-state index < -0.39 is 5.97 Å². The standard InChI is InChI=1S/C19H17BrO5/c1-23-15-7-8-18(24-2)16(11-15)17(21)12-25-19(22)9-6-13-4-3-5-14(20)10-13/h3-11H,12H2,1-2H3/b9-6+. The highest BCUT2D eigenvalue weighted by Gasteiger charge is 2.15. The number of carbonyl (C=O) groups excluding carboxylic acids is 2. The van der Waals surface area contributed by atoms with Crippen LogP contribution in [0.3, 0.4) is 0 Å². The molecule has 2 rings (SSSR count). The van der Waals surface area contributed by atoms with E-state index in [-0.39, 0.29) is 12.4 Å². The summed E-state index contributed by atoms with van der Waals surface area (Å²) in [6, 6.07) is 12.3. The number of esters is 1. The van der Waals surface area contributed by atoms with Gasteiger partial charge in [0.2, 0.25) is 5.78 Å². The normalized spacial score (nSPS) is 10.5. The Morgan fingerprint density at radius 3 is 2.56 bits per heavy atom. The summed E-state index contributed by atoms with van der Waals surface area (Å²) in [4.78, 5) is 24.1. The minimum absolute atomic E-state index is 0.297. The molecule has 2 aromatic rings. The molecule has 0 aromatic heterocycles. The first-order chi connectivity index (χ1) is 12.0. The molecular formula is C19H17BrO5. The Bertz CT molecular complexity index is 798. The van der Waals surface area contributed by atoms with Gasteiger partial charge in [-0.05, 0) is 42.0 Å². The molecule has 0 aliphatic rings. The van der Waals surface area contributed by atoms with Crippen LogP contribution in [0.1, 0.15) is 15.9 Å². The molecule has 25 heavy (non-hydrogen) atoms. The summed E-state index contributed by atoms with van der Waals surface area (Å²) in [5.41, 5.74) is 1.14. The molecule has 6 heteroatoms. The van der Waals surface area contributed by atoms with Gasteiger partial charge in [0, 0.05) is 10.5 Å². The summed E-state index contributed by atoms with van der Waals surface area (Å²) in [7, 11) is 2.97. The highest BCUT2D eigenvalue weighted by Crippen LogP contribution is 2.24. The Kier molecular flexibility index (Phi) is 6.77. The van der Waals surface area contributed by atoms with E-state index in [0.29, 0.717) is 17.1 Å². The molecule has 0 unspecified atom stereocenters. The zero-order valence-electron chi connectivity index (χ0n) is 13.8. The molecule has 0 saturated heterocycles. The van der Waals surface area contributed by atoms with Gasteiger partial charge in [-0.3, -0.25) is 4.79 Å². The number of halogens is 1. The number of carbonyl (C=O) groups is 2. The minimum atomic E-state index is -0.602. The Hall–Kier alpha value is -2.60. The van der Waals surface area contributed by atoms with Crippen molar-refractivity contribution in [3.8, 4) is 11.5 Å². The van der Waals surface area contributed by atoms with E-state index in [4.69, 9.17) is 14.2 Å². The van der Waals surface area contributed by atoms with E-state index in [9.17, 15) is 9.59 Å². The SMILES string of the molecule is COc1ccc(OC)c(C(=O)COC(=O)/C=C/c2cccc(Br)c2)c1. The van der Waals surface area contributed by atoms with Gasteiger partial charge >= 0.3 is 5.97 Å². The maximum Gasteiger partial charge on any atom is 0.331 e. The number of ketones is 1. The van der Waals surface area contributed by atoms with Crippen molar-refractivity contribution in [1.29, 1.82) is 0 Å². The van der Waals surface area contributed by atoms with Gasteiger partial charge in [0.05, 0.1) is 19.8 Å². The van der Waals surface area contributed by atoms with Crippen LogP contribution in [0.4, 0.5) is 0 Å². The second-order valence-electron chi connectivity index (χ2n) is 4.99. The molecule has 5 nitrogen and oxygen atoms in total. The molecule has 2 aromatic carbocycles. The Morgan fingerprint density at radius 2 is 1.88 bits per heavy atom. The van der Waals surface area contributed by atoms with Crippen LogP contribution >= 0.6 is 15.9 Å². The first kappa shape index (κ1) is 18.7. The fraction of sp³-hybridized carbons (Fsp3) is 0.158. The van der Waals surface area contributed by atoms with Gasteiger partial charge in [0.1, 0.15) is 11.5 Å². The monoisotopic (exact) mass is 404 g/mol. The average Bonchev–Trinajstić information content (AvgIpc) is 2.63. The molecule has 0 amide bonds. The lowest BCUT2D eigenvalue weighted by Gasteiger charge is -2.09. The molecule has 0 aliphatic carbocycles. The summed E-state index contributed by atoms with van der Waals surface area (Å²) >= 11 is 3.35. The number of benzene rings is 2. The number of hydrogen-bond acceptors (Lipinski definition) is 5. The number of rotatable bonds is 7. The minimum Gasteiger partial charge on any atom is -0.497 e. The Labute approximate surface area is 154 Å². The zero-order valence-corrected chi connectivity index (χ0v) is 15.4. The van der Waals surface area contributed by atoms with Crippen LogP contribution in [0.5, 0.6) is 11.5 Å². The van der Waals surface area contributed by atoms with Crippen molar-refractivity contribution < 1.29 is 23.8 Å². The van der Waals surface area contributed by atoms with Crippen LogP contribution in [-0.4, -0.2) is 32.6 Å². The van der Waals surface area contributed by atoms with E-state index in [0.717, 1.165) is 10.0 Å². The van der Waals surface area contributed by atoms with Gasteiger partial charge in [0.25, 0.3) is 0 Å². The van der Waals surface area contributed by atoms with Crippen LogP contribution in [0, 0.1) is 0 Å². The smallest absolute Gasteiger partial charge is 0.331 e. The maximum atomic E-state index is 12.3. The molecule has 0 fully saturated rings. The fourth-order valence-corrected chi connectivity index (χ4v) is 2.49. The second kappa shape index (κ2) is 9.03. The molecular weight excluding hydrogens is 388 g/mol. The molecule has 0 radical (unpaired) electrons. The third-order valence-corrected chi connectivity index (χ3v) is 3.81. The van der Waals surface area contributed by atoms with E-state index >= 15 is 0 Å². The van der Waals surface area contributed by atoms with E-state index in [1.54, 1.807) is 24.3 Å². The predicted molar refractivity (Wildman–Crippen MR) is 98.0 cm³/mol. The third kappa shape index (κ3) is 5.46. The van der Waals surface area contributed by atoms with Gasteiger partial charge in [-0.15, -0.1) is 0 Å². The van der Waals surface area contributed by atoms with Gasteiger partial charge in [-0.1, -0.05) is 28.1 Å². The van der Waals surface area contributed by atoms with Crippen molar-refractivity contribution in [2.24, 2.45) is 0 Å². The van der Waals surface area contributed by atoms with Crippen molar-refractivity contribution in [2.45, 2.75) is 0 Å². The summed E-state index contributed by atoms with van der Waals surface area (Å²) in [6.45, 7) is -0.384. The van der Waals surface area contributed by atoms with Crippen LogP contribution in [-0.2, 0) is 9.53 Å². The summed E-state index contributed by atoms with van der Waals surface area (Å²) < 4.78 is 16.2. The van der Waals surface area contributed by atoms with Gasteiger partial charge in [0.15, 0.2) is 6.61 Å². The topological polar surface area (TPSA) is 61.8 Å². The summed E-state index contributed by atoms with van der Waals surface area (Å²) in [6.07, 6.45) is 2.89. The largest absolute Gasteiger partial charge is 0.497 e. The maximum absolute atomic E-state index is 12.3. The van der Waals surface area contributed by atoms with Crippen LogP contribution < -0.4 is 9.47 Å². The number of Topliss-reactive ketones (excluding diaryl/α,β-unsaturated/α-hetero) is 1. The van der Waals surface area contributed by atoms with E-state index in [1.165, 1.54) is 20.3 Å². The first-order valence-electron chi connectivity index (χ1n) is 7.39. The van der Waals surface area contributed by atoms with Crippen LogP contribution in [0.15, 0.2) is 53.0 Å². The Balaban J connectivity index is 1.98. The molecule has 130 valence electrons. The van der Waals surface area contributed by atoms with E-state index in [2.05, 4.69) is 15.9 Å². The average molecular weight is 405 g/mol. The molecule has 0 bridgehead atoms. The lowest BCUT2D eigenvalue weighted by Crippen LogP contribution is -2.13.